The second-order valence-corrected chi connectivity index (χ2v) is 7.11. The molecule has 0 bridgehead atoms. The number of rotatable bonds is 2. The summed E-state index contributed by atoms with van der Waals surface area (Å²) in [6, 6.07) is 6.40. The highest BCUT2D eigenvalue weighted by Gasteiger charge is 2.41. The maximum Gasteiger partial charge on any atom is 0.405 e. The van der Waals surface area contributed by atoms with Gasteiger partial charge in [0.15, 0.2) is 0 Å². The van der Waals surface area contributed by atoms with Gasteiger partial charge in [0.1, 0.15) is 6.10 Å². The Morgan fingerprint density at radius 2 is 2.14 bits per heavy atom. The summed E-state index contributed by atoms with van der Waals surface area (Å²) in [5.74, 6) is 0. The zero-order valence-electron chi connectivity index (χ0n) is 12.5. The van der Waals surface area contributed by atoms with Crippen LogP contribution in [0, 0.1) is 12.3 Å². The largest absolute Gasteiger partial charge is 0.441 e. The molecule has 21 heavy (non-hydrogen) atoms. The molecule has 1 heterocycles. The average Bonchev–Trinajstić information content (AvgIpc) is 2.91. The summed E-state index contributed by atoms with van der Waals surface area (Å²) >= 11 is 1.72. The maximum atomic E-state index is 11.2. The van der Waals surface area contributed by atoms with Crippen molar-refractivity contribution in [3.8, 4) is 11.1 Å². The molecule has 0 saturated heterocycles. The first-order valence-electron chi connectivity index (χ1n) is 7.00. The van der Waals surface area contributed by atoms with Crippen LogP contribution in [-0.2, 0) is 11.2 Å². The number of ether oxygens (including phenoxy) is 1. The van der Waals surface area contributed by atoms with Gasteiger partial charge >= 0.3 is 6.09 Å². The first kappa shape index (κ1) is 14.1. The summed E-state index contributed by atoms with van der Waals surface area (Å²) in [5.41, 5.74) is 11.2. The van der Waals surface area contributed by atoms with Gasteiger partial charge < -0.3 is 10.5 Å². The smallest absolute Gasteiger partial charge is 0.405 e. The number of hydrogen-bond acceptors (Lipinski definition) is 3. The van der Waals surface area contributed by atoms with E-state index in [1.165, 1.54) is 22.3 Å². The highest BCUT2D eigenvalue weighted by Crippen LogP contribution is 2.48. The Morgan fingerprint density at radius 1 is 1.38 bits per heavy atom. The molecule has 0 radical (unpaired) electrons. The van der Waals surface area contributed by atoms with E-state index in [9.17, 15) is 4.79 Å². The number of hydrogen-bond donors (Lipinski definition) is 1. The van der Waals surface area contributed by atoms with E-state index in [0.29, 0.717) is 0 Å². The molecule has 1 atom stereocenters. The highest BCUT2D eigenvalue weighted by atomic mass is 32.1. The molecule has 1 aliphatic rings. The number of nitrogens with two attached hydrogens (primary N) is 1. The van der Waals surface area contributed by atoms with Gasteiger partial charge in [-0.3, -0.25) is 0 Å². The second kappa shape index (κ2) is 4.88. The van der Waals surface area contributed by atoms with E-state index in [-0.39, 0.29) is 11.5 Å². The number of fused-ring (bicyclic) bond motifs is 1. The van der Waals surface area contributed by atoms with Crippen LogP contribution >= 0.6 is 11.3 Å². The lowest BCUT2D eigenvalue weighted by Crippen LogP contribution is -2.25. The number of carbonyl (C=O) groups is 1. The molecule has 1 amide bonds. The van der Waals surface area contributed by atoms with Crippen LogP contribution in [0.4, 0.5) is 4.79 Å². The maximum absolute atomic E-state index is 11.2. The Labute approximate surface area is 128 Å². The molecule has 4 heteroatoms. The van der Waals surface area contributed by atoms with Crippen LogP contribution in [0.25, 0.3) is 11.1 Å². The van der Waals surface area contributed by atoms with Gasteiger partial charge in [0, 0.05) is 5.41 Å². The SMILES string of the molecule is Cc1cscc1-c1ccc2c(c1)CC(C)(C)C2OC(N)=O. The Kier molecular flexibility index (Phi) is 3.29. The summed E-state index contributed by atoms with van der Waals surface area (Å²) in [6.07, 6.45) is -0.0848. The van der Waals surface area contributed by atoms with Crippen LogP contribution < -0.4 is 5.73 Å². The summed E-state index contributed by atoms with van der Waals surface area (Å²) in [7, 11) is 0. The predicted octanol–water partition coefficient (Wildman–Crippen LogP) is 4.44. The van der Waals surface area contributed by atoms with E-state index in [2.05, 4.69) is 49.7 Å². The monoisotopic (exact) mass is 301 g/mol. The molecule has 2 aromatic rings. The Morgan fingerprint density at radius 3 is 2.76 bits per heavy atom. The molecule has 2 N–H and O–H groups in total. The fourth-order valence-electron chi connectivity index (χ4n) is 3.18. The molecule has 1 aliphatic carbocycles. The van der Waals surface area contributed by atoms with Crippen molar-refractivity contribution in [1.82, 2.24) is 0 Å². The highest BCUT2D eigenvalue weighted by molar-refractivity contribution is 7.08. The lowest BCUT2D eigenvalue weighted by Gasteiger charge is -2.26. The van der Waals surface area contributed by atoms with Gasteiger partial charge in [0.2, 0.25) is 0 Å². The van der Waals surface area contributed by atoms with E-state index < -0.39 is 6.09 Å². The van der Waals surface area contributed by atoms with Crippen molar-refractivity contribution >= 4 is 17.4 Å². The summed E-state index contributed by atoms with van der Waals surface area (Å²) < 4.78 is 5.35. The van der Waals surface area contributed by atoms with Gasteiger partial charge in [-0.05, 0) is 51.9 Å². The lowest BCUT2D eigenvalue weighted by atomic mass is 9.87. The van der Waals surface area contributed by atoms with E-state index in [1.54, 1.807) is 11.3 Å². The van der Waals surface area contributed by atoms with Crippen molar-refractivity contribution in [3.05, 3.63) is 45.6 Å². The van der Waals surface area contributed by atoms with E-state index in [0.717, 1.165) is 12.0 Å². The van der Waals surface area contributed by atoms with Gasteiger partial charge in [-0.25, -0.2) is 4.79 Å². The third-order valence-electron chi connectivity index (χ3n) is 4.18. The number of thiophene rings is 1. The Balaban J connectivity index is 2.02. The molecular weight excluding hydrogens is 282 g/mol. The first-order chi connectivity index (χ1) is 9.88. The van der Waals surface area contributed by atoms with Gasteiger partial charge in [0.25, 0.3) is 0 Å². The molecule has 3 rings (SSSR count). The molecule has 0 aliphatic heterocycles. The quantitative estimate of drug-likeness (QED) is 0.891. The third kappa shape index (κ3) is 2.44. The van der Waals surface area contributed by atoms with Crippen molar-refractivity contribution in [2.24, 2.45) is 11.1 Å². The van der Waals surface area contributed by atoms with E-state index in [1.807, 2.05) is 0 Å². The molecular formula is C17H19NO2S. The average molecular weight is 301 g/mol. The fourth-order valence-corrected chi connectivity index (χ4v) is 4.04. The molecule has 1 aromatic carbocycles. The van der Waals surface area contributed by atoms with E-state index in [4.69, 9.17) is 10.5 Å². The summed E-state index contributed by atoms with van der Waals surface area (Å²) in [6.45, 7) is 6.34. The standard InChI is InChI=1S/C17H19NO2S/c1-10-8-21-9-14(10)11-4-5-13-12(6-11)7-17(2,3)15(13)20-16(18)19/h4-6,8-9,15H,7H2,1-3H3,(H2,18,19). The van der Waals surface area contributed by atoms with Gasteiger partial charge in [-0.1, -0.05) is 32.0 Å². The molecule has 3 nitrogen and oxygen atoms in total. The fraction of sp³-hybridized carbons (Fsp3) is 0.353. The Hall–Kier alpha value is -1.81. The van der Waals surface area contributed by atoms with Gasteiger partial charge in [0.05, 0.1) is 0 Å². The van der Waals surface area contributed by atoms with Crippen molar-refractivity contribution in [2.45, 2.75) is 33.3 Å². The summed E-state index contributed by atoms with van der Waals surface area (Å²) in [5, 5.41) is 4.33. The van der Waals surface area contributed by atoms with Crippen molar-refractivity contribution in [3.63, 3.8) is 0 Å². The molecule has 1 aromatic heterocycles. The van der Waals surface area contributed by atoms with Crippen molar-refractivity contribution in [2.75, 3.05) is 0 Å². The minimum Gasteiger partial charge on any atom is -0.441 e. The zero-order valence-corrected chi connectivity index (χ0v) is 13.3. The molecule has 1 unspecified atom stereocenters. The van der Waals surface area contributed by atoms with Gasteiger partial charge in [-0.2, -0.15) is 11.3 Å². The second-order valence-electron chi connectivity index (χ2n) is 6.36. The number of aryl methyl sites for hydroxylation is 1. The van der Waals surface area contributed by atoms with Crippen molar-refractivity contribution < 1.29 is 9.53 Å². The van der Waals surface area contributed by atoms with Crippen LogP contribution in [0.1, 0.15) is 36.6 Å². The van der Waals surface area contributed by atoms with Crippen molar-refractivity contribution in [1.29, 1.82) is 0 Å². The van der Waals surface area contributed by atoms with Crippen LogP contribution in [0.3, 0.4) is 0 Å². The number of primary amides is 1. The minimum absolute atomic E-state index is 0.125. The lowest BCUT2D eigenvalue weighted by molar-refractivity contribution is 0.0392. The normalized spacial score (nSPS) is 19.3. The van der Waals surface area contributed by atoms with Crippen LogP contribution in [0.5, 0.6) is 0 Å². The molecule has 110 valence electrons. The third-order valence-corrected chi connectivity index (χ3v) is 5.04. The first-order valence-corrected chi connectivity index (χ1v) is 7.95. The van der Waals surface area contributed by atoms with Crippen LogP contribution in [-0.4, -0.2) is 6.09 Å². The Bertz CT molecular complexity index is 703. The molecule has 0 spiro atoms. The summed E-state index contributed by atoms with van der Waals surface area (Å²) in [4.78, 5) is 11.2. The van der Waals surface area contributed by atoms with Gasteiger partial charge in [-0.15, -0.1) is 0 Å². The zero-order chi connectivity index (χ0) is 15.2. The number of benzene rings is 1. The topological polar surface area (TPSA) is 52.3 Å². The number of carbonyl (C=O) groups excluding carboxylic acids is 1. The van der Waals surface area contributed by atoms with Crippen LogP contribution in [0.15, 0.2) is 29.0 Å². The van der Waals surface area contributed by atoms with E-state index >= 15 is 0 Å². The minimum atomic E-state index is -0.710. The van der Waals surface area contributed by atoms with Crippen LogP contribution in [0.2, 0.25) is 0 Å². The predicted molar refractivity (Wildman–Crippen MR) is 85.4 cm³/mol. The molecule has 0 saturated carbocycles. The molecule has 0 fully saturated rings. The number of amides is 1.